The Morgan fingerprint density at radius 1 is 1.38 bits per heavy atom. The van der Waals surface area contributed by atoms with Gasteiger partial charge in [-0.15, -0.1) is 0 Å². The van der Waals surface area contributed by atoms with Gasteiger partial charge < -0.3 is 9.32 Å². The van der Waals surface area contributed by atoms with E-state index in [2.05, 4.69) is 0 Å². The SMILES string of the molecule is Cc1cc(C(C)N2CC(=O)CC2=O)c(C)o1. The van der Waals surface area contributed by atoms with Crippen LogP contribution in [0.4, 0.5) is 0 Å². The second-order valence-corrected chi connectivity index (χ2v) is 4.28. The average Bonchev–Trinajstić information content (AvgIpc) is 2.68. The molecule has 1 unspecified atom stereocenters. The molecule has 1 aliphatic rings. The molecule has 1 atom stereocenters. The molecule has 1 aromatic heterocycles. The third kappa shape index (κ3) is 1.75. The molecule has 1 amide bonds. The molecule has 4 nitrogen and oxygen atoms in total. The molecule has 0 radical (unpaired) electrons. The zero-order chi connectivity index (χ0) is 11.9. The van der Waals surface area contributed by atoms with Crippen molar-refractivity contribution in [1.82, 2.24) is 4.90 Å². The smallest absolute Gasteiger partial charge is 0.231 e. The Hall–Kier alpha value is -1.58. The Morgan fingerprint density at radius 2 is 2.06 bits per heavy atom. The van der Waals surface area contributed by atoms with Crippen LogP contribution in [0.3, 0.4) is 0 Å². The number of hydrogen-bond acceptors (Lipinski definition) is 3. The Bertz CT molecular complexity index is 447. The molecule has 1 aliphatic heterocycles. The van der Waals surface area contributed by atoms with E-state index in [1.807, 2.05) is 26.8 Å². The number of aryl methyl sites for hydroxylation is 2. The first-order valence-electron chi connectivity index (χ1n) is 5.37. The van der Waals surface area contributed by atoms with Crippen molar-refractivity contribution in [3.05, 3.63) is 23.2 Å². The van der Waals surface area contributed by atoms with E-state index in [-0.39, 0.29) is 30.7 Å². The van der Waals surface area contributed by atoms with E-state index in [4.69, 9.17) is 4.42 Å². The van der Waals surface area contributed by atoms with Crippen molar-refractivity contribution in [3.8, 4) is 0 Å². The van der Waals surface area contributed by atoms with Crippen molar-refractivity contribution in [2.75, 3.05) is 6.54 Å². The third-order valence-electron chi connectivity index (χ3n) is 3.01. The standard InChI is InChI=1S/C12H15NO3/c1-7-4-11(9(3)16-7)8(2)13-6-10(14)5-12(13)15/h4,8H,5-6H2,1-3H3. The molecule has 1 saturated heterocycles. The molecular weight excluding hydrogens is 206 g/mol. The lowest BCUT2D eigenvalue weighted by Crippen LogP contribution is -2.28. The van der Waals surface area contributed by atoms with Gasteiger partial charge in [0.1, 0.15) is 11.5 Å². The molecule has 0 saturated carbocycles. The van der Waals surface area contributed by atoms with Crippen LogP contribution in [0.15, 0.2) is 10.5 Å². The predicted molar refractivity (Wildman–Crippen MR) is 57.9 cm³/mol. The molecular formula is C12H15NO3. The van der Waals surface area contributed by atoms with Gasteiger partial charge in [0.2, 0.25) is 5.91 Å². The molecule has 1 fully saturated rings. The highest BCUT2D eigenvalue weighted by molar-refractivity contribution is 6.05. The average molecular weight is 221 g/mol. The predicted octanol–water partition coefficient (Wildman–Crippen LogP) is 1.76. The number of carbonyl (C=O) groups is 2. The fourth-order valence-electron chi connectivity index (χ4n) is 2.19. The first-order chi connectivity index (χ1) is 7.49. The van der Waals surface area contributed by atoms with Crippen molar-refractivity contribution >= 4 is 11.7 Å². The van der Waals surface area contributed by atoms with Crippen LogP contribution in [0.25, 0.3) is 0 Å². The minimum Gasteiger partial charge on any atom is -0.466 e. The summed E-state index contributed by atoms with van der Waals surface area (Å²) in [6.45, 7) is 5.90. The summed E-state index contributed by atoms with van der Waals surface area (Å²) in [6, 6.07) is 1.84. The highest BCUT2D eigenvalue weighted by Crippen LogP contribution is 2.28. The van der Waals surface area contributed by atoms with Crippen molar-refractivity contribution in [2.24, 2.45) is 0 Å². The number of nitrogens with zero attached hydrogens (tertiary/aromatic N) is 1. The first kappa shape index (κ1) is 10.9. The second-order valence-electron chi connectivity index (χ2n) is 4.28. The van der Waals surface area contributed by atoms with Gasteiger partial charge >= 0.3 is 0 Å². The van der Waals surface area contributed by atoms with E-state index in [0.717, 1.165) is 17.1 Å². The van der Waals surface area contributed by atoms with Gasteiger partial charge in [-0.2, -0.15) is 0 Å². The summed E-state index contributed by atoms with van der Waals surface area (Å²) in [4.78, 5) is 24.4. The summed E-state index contributed by atoms with van der Waals surface area (Å²) >= 11 is 0. The van der Waals surface area contributed by atoms with E-state index < -0.39 is 0 Å². The molecule has 0 aromatic carbocycles. The van der Waals surface area contributed by atoms with Gasteiger partial charge in [-0.05, 0) is 26.8 Å². The number of amides is 1. The fourth-order valence-corrected chi connectivity index (χ4v) is 2.19. The van der Waals surface area contributed by atoms with Crippen LogP contribution in [0.2, 0.25) is 0 Å². The monoisotopic (exact) mass is 221 g/mol. The van der Waals surface area contributed by atoms with E-state index in [1.165, 1.54) is 0 Å². The van der Waals surface area contributed by atoms with Gasteiger partial charge in [0.25, 0.3) is 0 Å². The lowest BCUT2D eigenvalue weighted by molar-refractivity contribution is -0.129. The summed E-state index contributed by atoms with van der Waals surface area (Å²) < 4.78 is 5.43. The Balaban J connectivity index is 2.25. The van der Waals surface area contributed by atoms with Crippen molar-refractivity contribution < 1.29 is 14.0 Å². The molecule has 0 N–H and O–H groups in total. The van der Waals surface area contributed by atoms with E-state index in [0.29, 0.717) is 0 Å². The maximum Gasteiger partial charge on any atom is 0.231 e. The van der Waals surface area contributed by atoms with Crippen LogP contribution in [-0.2, 0) is 9.59 Å². The fraction of sp³-hybridized carbons (Fsp3) is 0.500. The maximum atomic E-state index is 11.6. The third-order valence-corrected chi connectivity index (χ3v) is 3.01. The number of carbonyl (C=O) groups excluding carboxylic acids is 2. The summed E-state index contributed by atoms with van der Waals surface area (Å²) in [7, 11) is 0. The van der Waals surface area contributed by atoms with Gasteiger partial charge in [-0.1, -0.05) is 0 Å². The number of furan rings is 1. The van der Waals surface area contributed by atoms with Gasteiger partial charge in [-0.3, -0.25) is 9.59 Å². The molecule has 4 heteroatoms. The lowest BCUT2D eigenvalue weighted by atomic mass is 10.1. The highest BCUT2D eigenvalue weighted by Gasteiger charge is 2.32. The zero-order valence-corrected chi connectivity index (χ0v) is 9.74. The molecule has 1 aromatic rings. The second kappa shape index (κ2) is 3.77. The van der Waals surface area contributed by atoms with E-state index in [9.17, 15) is 9.59 Å². The van der Waals surface area contributed by atoms with Gasteiger partial charge in [0.15, 0.2) is 5.78 Å². The van der Waals surface area contributed by atoms with Gasteiger partial charge in [-0.25, -0.2) is 0 Å². The molecule has 0 bridgehead atoms. The van der Waals surface area contributed by atoms with Crippen molar-refractivity contribution in [3.63, 3.8) is 0 Å². The minimum absolute atomic E-state index is 0.00489. The minimum atomic E-state index is -0.0873. The zero-order valence-electron chi connectivity index (χ0n) is 9.74. The Morgan fingerprint density at radius 3 is 2.50 bits per heavy atom. The maximum absolute atomic E-state index is 11.6. The number of Topliss-reactive ketones (excluding diaryl/α,β-unsaturated/α-hetero) is 1. The number of ketones is 1. The first-order valence-corrected chi connectivity index (χ1v) is 5.37. The lowest BCUT2D eigenvalue weighted by Gasteiger charge is -2.22. The van der Waals surface area contributed by atoms with Crippen molar-refractivity contribution in [1.29, 1.82) is 0 Å². The summed E-state index contributed by atoms with van der Waals surface area (Å²) in [5.74, 6) is 1.56. The Kier molecular flexibility index (Phi) is 2.58. The molecule has 2 rings (SSSR count). The molecule has 0 aliphatic carbocycles. The summed E-state index contributed by atoms with van der Waals surface area (Å²) in [6.07, 6.45) is 0.0419. The largest absolute Gasteiger partial charge is 0.466 e. The quantitative estimate of drug-likeness (QED) is 0.715. The normalized spacial score (nSPS) is 18.3. The molecule has 0 spiro atoms. The van der Waals surface area contributed by atoms with Crippen LogP contribution in [0.5, 0.6) is 0 Å². The van der Waals surface area contributed by atoms with Gasteiger partial charge in [0, 0.05) is 5.56 Å². The molecule has 2 heterocycles. The van der Waals surface area contributed by atoms with Crippen LogP contribution in [0, 0.1) is 13.8 Å². The van der Waals surface area contributed by atoms with Crippen LogP contribution in [-0.4, -0.2) is 23.1 Å². The highest BCUT2D eigenvalue weighted by atomic mass is 16.3. The van der Waals surface area contributed by atoms with Crippen LogP contribution >= 0.6 is 0 Å². The van der Waals surface area contributed by atoms with E-state index >= 15 is 0 Å². The van der Waals surface area contributed by atoms with Crippen molar-refractivity contribution in [2.45, 2.75) is 33.2 Å². The molecule has 86 valence electrons. The number of likely N-dealkylation sites (tertiary alicyclic amines) is 1. The summed E-state index contributed by atoms with van der Waals surface area (Å²) in [5.41, 5.74) is 0.987. The van der Waals surface area contributed by atoms with Gasteiger partial charge in [0.05, 0.1) is 19.0 Å². The summed E-state index contributed by atoms with van der Waals surface area (Å²) in [5, 5.41) is 0. The molecule has 16 heavy (non-hydrogen) atoms. The van der Waals surface area contributed by atoms with Crippen LogP contribution < -0.4 is 0 Å². The topological polar surface area (TPSA) is 50.5 Å². The van der Waals surface area contributed by atoms with E-state index in [1.54, 1.807) is 4.90 Å². The van der Waals surface area contributed by atoms with Crippen LogP contribution in [0.1, 0.15) is 36.5 Å². The number of rotatable bonds is 2. The Labute approximate surface area is 94.2 Å². The number of hydrogen-bond donors (Lipinski definition) is 0.